The van der Waals surface area contributed by atoms with E-state index in [1.807, 2.05) is 6.20 Å². The molecule has 0 bridgehead atoms. The Morgan fingerprint density at radius 1 is 1.48 bits per heavy atom. The van der Waals surface area contributed by atoms with E-state index in [9.17, 15) is 4.79 Å². The van der Waals surface area contributed by atoms with Crippen molar-refractivity contribution in [1.29, 1.82) is 0 Å². The second-order valence-electron chi connectivity index (χ2n) is 6.14. The van der Waals surface area contributed by atoms with Crippen molar-refractivity contribution in [2.24, 2.45) is 0 Å². The molecule has 124 valence electrons. The number of hydrogen-bond donors (Lipinski definition) is 1. The summed E-state index contributed by atoms with van der Waals surface area (Å²) in [6.07, 6.45) is 2.75. The van der Waals surface area contributed by atoms with Crippen molar-refractivity contribution in [2.75, 3.05) is 27.2 Å². The summed E-state index contributed by atoms with van der Waals surface area (Å²) in [6, 6.07) is 4.53. The molecule has 0 aliphatic carbocycles. The van der Waals surface area contributed by atoms with Gasteiger partial charge >= 0.3 is 6.03 Å². The first-order valence-corrected chi connectivity index (χ1v) is 8.78. The molecule has 7 heteroatoms. The third-order valence-corrected chi connectivity index (χ3v) is 4.83. The Hall–Kier alpha value is -1.86. The quantitative estimate of drug-likeness (QED) is 0.912. The van der Waals surface area contributed by atoms with Gasteiger partial charge in [0.05, 0.1) is 11.7 Å². The fourth-order valence-corrected chi connectivity index (χ4v) is 3.60. The van der Waals surface area contributed by atoms with Crippen LogP contribution in [0.4, 0.5) is 4.79 Å². The summed E-state index contributed by atoms with van der Waals surface area (Å²) >= 11 is 1.74. The number of nitrogens with one attached hydrogen (secondary N) is 1. The van der Waals surface area contributed by atoms with Crippen molar-refractivity contribution in [2.45, 2.75) is 25.6 Å². The topological polar surface area (TPSA) is 53.4 Å². The number of aromatic nitrogens is 2. The number of amides is 2. The number of nitrogens with zero attached hydrogens (tertiary/aromatic N) is 4. The van der Waals surface area contributed by atoms with Crippen LogP contribution >= 0.6 is 11.3 Å². The van der Waals surface area contributed by atoms with E-state index in [0.29, 0.717) is 12.6 Å². The number of urea groups is 1. The van der Waals surface area contributed by atoms with Gasteiger partial charge in [-0.3, -0.25) is 9.58 Å². The molecule has 2 amide bonds. The smallest absolute Gasteiger partial charge is 0.316 e. The maximum Gasteiger partial charge on any atom is 0.316 e. The Balaban J connectivity index is 1.61. The van der Waals surface area contributed by atoms with Crippen LogP contribution in [0.3, 0.4) is 0 Å². The number of rotatable bonds is 5. The molecule has 2 aromatic heterocycles. The summed E-state index contributed by atoms with van der Waals surface area (Å²) in [6.45, 7) is 3.52. The zero-order valence-electron chi connectivity index (χ0n) is 13.6. The Bertz CT molecular complexity index is 637. The van der Waals surface area contributed by atoms with Crippen LogP contribution in [0.2, 0.25) is 0 Å². The van der Waals surface area contributed by atoms with Crippen molar-refractivity contribution in [3.05, 3.63) is 40.3 Å². The van der Waals surface area contributed by atoms with Gasteiger partial charge in [-0.15, -0.1) is 0 Å². The van der Waals surface area contributed by atoms with Gasteiger partial charge in [-0.05, 0) is 34.9 Å². The van der Waals surface area contributed by atoms with Crippen LogP contribution in [-0.4, -0.2) is 52.8 Å². The highest BCUT2D eigenvalue weighted by molar-refractivity contribution is 7.07. The molecule has 3 rings (SSSR count). The summed E-state index contributed by atoms with van der Waals surface area (Å²) in [5.74, 6) is 0. The Morgan fingerprint density at radius 2 is 2.35 bits per heavy atom. The highest BCUT2D eigenvalue weighted by Gasteiger charge is 2.25. The average Bonchev–Trinajstić information content (AvgIpc) is 3.18. The normalized spacial score (nSPS) is 17.7. The molecule has 2 aromatic rings. The second kappa shape index (κ2) is 7.14. The summed E-state index contributed by atoms with van der Waals surface area (Å²) < 4.78 is 2.12. The molecule has 1 aliphatic heterocycles. The van der Waals surface area contributed by atoms with Gasteiger partial charge in [-0.1, -0.05) is 0 Å². The van der Waals surface area contributed by atoms with E-state index in [2.05, 4.69) is 42.9 Å². The van der Waals surface area contributed by atoms with Gasteiger partial charge in [-0.25, -0.2) is 4.79 Å². The molecule has 23 heavy (non-hydrogen) atoms. The van der Waals surface area contributed by atoms with Crippen molar-refractivity contribution >= 4 is 17.4 Å². The first kappa shape index (κ1) is 16.0. The maximum atomic E-state index is 11.6. The lowest BCUT2D eigenvalue weighted by atomic mass is 10.1. The molecule has 0 saturated heterocycles. The fraction of sp³-hybridized carbons (Fsp3) is 0.500. The van der Waals surface area contributed by atoms with Gasteiger partial charge in [0.1, 0.15) is 0 Å². The van der Waals surface area contributed by atoms with Gasteiger partial charge in [0.15, 0.2) is 0 Å². The molecule has 1 N–H and O–H groups in total. The fourth-order valence-electron chi connectivity index (χ4n) is 2.94. The largest absolute Gasteiger partial charge is 0.338 e. The van der Waals surface area contributed by atoms with Gasteiger partial charge in [0.2, 0.25) is 0 Å². The molecular formula is C16H23N5OS. The standard InChI is InChI=1S/C16H23N5OS/c1-19(2)16(22)17-6-3-14-10-20(9-13-5-8-23-12-13)11-15-4-7-18-21(14)15/h4-5,7-8,12,14H,3,6,9-11H2,1-2H3,(H,17,22)/t14-/m0/s1. The van der Waals surface area contributed by atoms with Crippen molar-refractivity contribution in [3.63, 3.8) is 0 Å². The minimum Gasteiger partial charge on any atom is -0.338 e. The molecule has 0 spiro atoms. The van der Waals surface area contributed by atoms with Crippen LogP contribution in [0.5, 0.6) is 0 Å². The van der Waals surface area contributed by atoms with Gasteiger partial charge in [-0.2, -0.15) is 16.4 Å². The van der Waals surface area contributed by atoms with Crippen LogP contribution in [0.15, 0.2) is 29.1 Å². The maximum absolute atomic E-state index is 11.6. The lowest BCUT2D eigenvalue weighted by molar-refractivity contribution is 0.160. The van der Waals surface area contributed by atoms with E-state index in [4.69, 9.17) is 0 Å². The van der Waals surface area contributed by atoms with E-state index in [1.54, 1.807) is 30.3 Å². The third-order valence-electron chi connectivity index (χ3n) is 4.10. The molecule has 0 radical (unpaired) electrons. The highest BCUT2D eigenvalue weighted by atomic mass is 32.1. The van der Waals surface area contributed by atoms with Gasteiger partial charge in [0.25, 0.3) is 0 Å². The van der Waals surface area contributed by atoms with Gasteiger partial charge < -0.3 is 10.2 Å². The first-order valence-electron chi connectivity index (χ1n) is 7.84. The molecule has 0 aromatic carbocycles. The van der Waals surface area contributed by atoms with Crippen LogP contribution in [0, 0.1) is 0 Å². The Labute approximate surface area is 140 Å². The van der Waals surface area contributed by atoms with Crippen LogP contribution in [-0.2, 0) is 13.1 Å². The van der Waals surface area contributed by atoms with E-state index < -0.39 is 0 Å². The predicted molar refractivity (Wildman–Crippen MR) is 91.4 cm³/mol. The summed E-state index contributed by atoms with van der Waals surface area (Å²) in [5, 5.41) is 11.7. The first-order chi connectivity index (χ1) is 11.1. The van der Waals surface area contributed by atoms with E-state index in [-0.39, 0.29) is 6.03 Å². The lowest BCUT2D eigenvalue weighted by Crippen LogP contribution is -2.40. The monoisotopic (exact) mass is 333 g/mol. The van der Waals surface area contributed by atoms with Gasteiger partial charge in [0, 0.05) is 46.5 Å². The third kappa shape index (κ3) is 3.92. The number of hydrogen-bond acceptors (Lipinski definition) is 4. The predicted octanol–water partition coefficient (Wildman–Crippen LogP) is 2.16. The minimum atomic E-state index is -0.0448. The molecule has 0 saturated carbocycles. The lowest BCUT2D eigenvalue weighted by Gasteiger charge is -2.34. The summed E-state index contributed by atoms with van der Waals surface area (Å²) in [5.41, 5.74) is 2.61. The van der Waals surface area contributed by atoms with Crippen molar-refractivity contribution < 1.29 is 4.79 Å². The SMILES string of the molecule is CN(C)C(=O)NCC[C@H]1CN(Cc2ccsc2)Cc2ccnn21. The van der Waals surface area contributed by atoms with Crippen LogP contribution in [0.25, 0.3) is 0 Å². The number of carbonyl (C=O) groups is 1. The Morgan fingerprint density at radius 3 is 3.09 bits per heavy atom. The summed E-state index contributed by atoms with van der Waals surface area (Å²) in [4.78, 5) is 15.7. The molecule has 3 heterocycles. The minimum absolute atomic E-state index is 0.0448. The van der Waals surface area contributed by atoms with E-state index >= 15 is 0 Å². The molecule has 0 fully saturated rings. The molecule has 1 atom stereocenters. The number of fused-ring (bicyclic) bond motifs is 1. The molecule has 6 nitrogen and oxygen atoms in total. The highest BCUT2D eigenvalue weighted by Crippen LogP contribution is 2.24. The van der Waals surface area contributed by atoms with Crippen molar-refractivity contribution in [1.82, 2.24) is 24.9 Å². The Kier molecular flexibility index (Phi) is 4.97. The molecule has 1 aliphatic rings. The van der Waals surface area contributed by atoms with Crippen molar-refractivity contribution in [3.8, 4) is 0 Å². The molecule has 0 unspecified atom stereocenters. The average molecular weight is 333 g/mol. The second-order valence-corrected chi connectivity index (χ2v) is 6.92. The summed E-state index contributed by atoms with van der Waals surface area (Å²) in [7, 11) is 3.51. The molecular weight excluding hydrogens is 310 g/mol. The van der Waals surface area contributed by atoms with Crippen LogP contribution in [0.1, 0.15) is 23.7 Å². The zero-order chi connectivity index (χ0) is 16.2. The van der Waals surface area contributed by atoms with E-state index in [0.717, 1.165) is 26.1 Å². The number of thiophene rings is 1. The van der Waals surface area contributed by atoms with E-state index in [1.165, 1.54) is 11.3 Å². The van der Waals surface area contributed by atoms with Crippen LogP contribution < -0.4 is 5.32 Å². The number of carbonyl (C=O) groups excluding carboxylic acids is 1. The zero-order valence-corrected chi connectivity index (χ0v) is 14.4.